The number of esters is 2. The van der Waals surface area contributed by atoms with Crippen molar-refractivity contribution in [3.8, 4) is 0 Å². The van der Waals surface area contributed by atoms with E-state index in [2.05, 4.69) is 34.5 Å². The Kier molecular flexibility index (Phi) is 9.49. The van der Waals surface area contributed by atoms with Gasteiger partial charge in [-0.1, -0.05) is 6.58 Å². The minimum absolute atomic E-state index is 0.298. The monoisotopic (exact) mass is 417 g/mol. The van der Waals surface area contributed by atoms with Gasteiger partial charge < -0.3 is 14.8 Å². The molecule has 0 aliphatic heterocycles. The van der Waals surface area contributed by atoms with Crippen molar-refractivity contribution >= 4 is 34.5 Å². The van der Waals surface area contributed by atoms with E-state index in [4.69, 9.17) is 9.47 Å². The maximum atomic E-state index is 11.7. The lowest BCUT2D eigenvalue weighted by Crippen LogP contribution is -2.20. The average Bonchev–Trinajstić information content (AvgIpc) is 2.53. The van der Waals surface area contributed by atoms with E-state index < -0.39 is 5.97 Å². The van der Waals surface area contributed by atoms with Gasteiger partial charge in [-0.2, -0.15) is 0 Å². The van der Waals surface area contributed by atoms with Crippen molar-refractivity contribution in [2.24, 2.45) is 0 Å². The zero-order valence-corrected chi connectivity index (χ0v) is 14.5. The third-order valence-electron chi connectivity index (χ3n) is 2.72. The molecule has 22 heavy (non-hydrogen) atoms. The molecule has 0 unspecified atom stereocenters. The lowest BCUT2D eigenvalue weighted by molar-refractivity contribution is -0.137. The van der Waals surface area contributed by atoms with E-state index in [0.717, 1.165) is 35.6 Å². The Morgan fingerprint density at radius 3 is 2.27 bits per heavy atom. The summed E-state index contributed by atoms with van der Waals surface area (Å²) in [5.41, 5.74) is 0.567. The summed E-state index contributed by atoms with van der Waals surface area (Å²) in [6.45, 7) is 5.56. The van der Waals surface area contributed by atoms with Crippen molar-refractivity contribution in [3.63, 3.8) is 0 Å². The number of rotatable bonds is 10. The normalized spacial score (nSPS) is 10.0. The molecule has 1 N–H and O–H groups in total. The van der Waals surface area contributed by atoms with E-state index in [1.54, 1.807) is 12.1 Å². The van der Waals surface area contributed by atoms with Crippen LogP contribution in [-0.4, -0.2) is 38.2 Å². The van der Waals surface area contributed by atoms with Crippen molar-refractivity contribution in [2.75, 3.05) is 26.3 Å². The molecule has 0 aliphatic carbocycles. The maximum absolute atomic E-state index is 11.7. The molecule has 120 valence electrons. The van der Waals surface area contributed by atoms with Gasteiger partial charge in [0, 0.05) is 9.65 Å². The molecule has 0 aliphatic rings. The second kappa shape index (κ2) is 11.2. The van der Waals surface area contributed by atoms with E-state index in [9.17, 15) is 9.59 Å². The highest BCUT2D eigenvalue weighted by Gasteiger charge is 2.05. The minimum Gasteiger partial charge on any atom is -0.462 e. The second-order valence-electron chi connectivity index (χ2n) is 4.47. The molecule has 0 heterocycles. The molecule has 6 heteroatoms. The van der Waals surface area contributed by atoms with Gasteiger partial charge in [0.1, 0.15) is 0 Å². The number of nitrogens with one attached hydrogen (secondary N) is 1. The van der Waals surface area contributed by atoms with Gasteiger partial charge >= 0.3 is 11.9 Å². The topological polar surface area (TPSA) is 64.6 Å². The van der Waals surface area contributed by atoms with Crippen LogP contribution in [-0.2, 0) is 14.3 Å². The largest absolute Gasteiger partial charge is 0.462 e. The molecule has 0 atom stereocenters. The first kappa shape index (κ1) is 18.6. The van der Waals surface area contributed by atoms with Crippen molar-refractivity contribution in [1.82, 2.24) is 5.32 Å². The number of hydrogen-bond donors (Lipinski definition) is 1. The Labute approximate surface area is 144 Å². The minimum atomic E-state index is -0.400. The van der Waals surface area contributed by atoms with Crippen LogP contribution in [0.5, 0.6) is 0 Å². The summed E-state index contributed by atoms with van der Waals surface area (Å²) in [5.74, 6) is -0.699. The highest BCUT2D eigenvalue weighted by atomic mass is 127. The number of carbonyl (C=O) groups is 2. The third-order valence-corrected chi connectivity index (χ3v) is 3.44. The standard InChI is InChI=1S/C16H20INO4/c1-2-15(19)21-11-3-9-18-10-4-12-22-16(20)13-5-7-14(17)8-6-13/h2,5-8,18H,1,3-4,9-12H2. The second-order valence-corrected chi connectivity index (χ2v) is 5.72. The van der Waals surface area contributed by atoms with Gasteiger partial charge in [0.05, 0.1) is 18.8 Å². The van der Waals surface area contributed by atoms with E-state index in [-0.39, 0.29) is 5.97 Å². The average molecular weight is 417 g/mol. The number of hydrogen-bond acceptors (Lipinski definition) is 5. The zero-order valence-electron chi connectivity index (χ0n) is 12.3. The Hall–Kier alpha value is -1.41. The molecular formula is C16H20INO4. The molecule has 0 aromatic heterocycles. The molecule has 0 bridgehead atoms. The van der Waals surface area contributed by atoms with Crippen LogP contribution in [0, 0.1) is 3.57 Å². The van der Waals surface area contributed by atoms with E-state index in [1.165, 1.54) is 0 Å². The Morgan fingerprint density at radius 2 is 1.68 bits per heavy atom. The molecule has 0 saturated heterocycles. The van der Waals surface area contributed by atoms with Crippen LogP contribution < -0.4 is 5.32 Å². The van der Waals surface area contributed by atoms with Gasteiger partial charge in [0.15, 0.2) is 0 Å². The summed E-state index contributed by atoms with van der Waals surface area (Å²) in [5, 5.41) is 3.19. The lowest BCUT2D eigenvalue weighted by atomic mass is 10.2. The Balaban J connectivity index is 1.99. The van der Waals surface area contributed by atoms with Crippen molar-refractivity contribution in [1.29, 1.82) is 0 Å². The molecule has 0 fully saturated rings. The van der Waals surface area contributed by atoms with Crippen LogP contribution >= 0.6 is 22.6 Å². The molecule has 1 rings (SSSR count). The maximum Gasteiger partial charge on any atom is 0.338 e. The highest BCUT2D eigenvalue weighted by molar-refractivity contribution is 14.1. The van der Waals surface area contributed by atoms with Gasteiger partial charge in [-0.15, -0.1) is 0 Å². The molecule has 1 aromatic carbocycles. The first-order valence-electron chi connectivity index (χ1n) is 7.06. The predicted molar refractivity (Wildman–Crippen MR) is 92.7 cm³/mol. The van der Waals surface area contributed by atoms with E-state index in [1.807, 2.05) is 12.1 Å². The summed E-state index contributed by atoms with van der Waals surface area (Å²) in [7, 11) is 0. The summed E-state index contributed by atoms with van der Waals surface area (Å²) < 4.78 is 11.1. The van der Waals surface area contributed by atoms with Crippen molar-refractivity contribution in [2.45, 2.75) is 12.8 Å². The molecule has 1 aromatic rings. The molecule has 5 nitrogen and oxygen atoms in total. The van der Waals surface area contributed by atoms with Crippen molar-refractivity contribution in [3.05, 3.63) is 46.1 Å². The van der Waals surface area contributed by atoms with Crippen LogP contribution in [0.15, 0.2) is 36.9 Å². The third kappa shape index (κ3) is 8.14. The fourth-order valence-electron chi connectivity index (χ4n) is 1.59. The summed E-state index contributed by atoms with van der Waals surface area (Å²) >= 11 is 2.19. The van der Waals surface area contributed by atoms with Gasteiger partial charge in [0.25, 0.3) is 0 Å². The van der Waals surface area contributed by atoms with Crippen LogP contribution in [0.3, 0.4) is 0 Å². The van der Waals surface area contributed by atoms with Crippen LogP contribution in [0.25, 0.3) is 0 Å². The van der Waals surface area contributed by atoms with Gasteiger partial charge in [-0.25, -0.2) is 9.59 Å². The van der Waals surface area contributed by atoms with E-state index >= 15 is 0 Å². The highest BCUT2D eigenvalue weighted by Crippen LogP contribution is 2.07. The molecular weight excluding hydrogens is 397 g/mol. The first-order valence-corrected chi connectivity index (χ1v) is 8.14. The number of ether oxygens (including phenoxy) is 2. The molecule has 0 radical (unpaired) electrons. The number of halogens is 1. The molecule has 0 spiro atoms. The summed E-state index contributed by atoms with van der Waals surface area (Å²) in [6.07, 6.45) is 2.62. The smallest absolute Gasteiger partial charge is 0.338 e. The van der Waals surface area contributed by atoms with E-state index in [0.29, 0.717) is 18.8 Å². The van der Waals surface area contributed by atoms with Gasteiger partial charge in [-0.3, -0.25) is 0 Å². The fourth-order valence-corrected chi connectivity index (χ4v) is 1.94. The predicted octanol–water partition coefficient (Wildman–Crippen LogP) is 2.55. The summed E-state index contributed by atoms with van der Waals surface area (Å²) in [4.78, 5) is 22.5. The quantitative estimate of drug-likeness (QED) is 0.275. The molecule has 0 amide bonds. The first-order chi connectivity index (χ1) is 10.6. The Bertz CT molecular complexity index is 487. The Morgan fingerprint density at radius 1 is 1.09 bits per heavy atom. The zero-order chi connectivity index (χ0) is 16.2. The van der Waals surface area contributed by atoms with Crippen LogP contribution in [0.2, 0.25) is 0 Å². The molecule has 0 saturated carbocycles. The number of benzene rings is 1. The van der Waals surface area contributed by atoms with Crippen LogP contribution in [0.1, 0.15) is 23.2 Å². The van der Waals surface area contributed by atoms with Crippen molar-refractivity contribution < 1.29 is 19.1 Å². The van der Waals surface area contributed by atoms with Gasteiger partial charge in [0.2, 0.25) is 0 Å². The summed E-state index contributed by atoms with van der Waals surface area (Å²) in [6, 6.07) is 7.26. The SMILES string of the molecule is C=CC(=O)OCCCNCCCOC(=O)c1ccc(I)cc1. The number of carbonyl (C=O) groups excluding carboxylic acids is 2. The van der Waals surface area contributed by atoms with Gasteiger partial charge in [-0.05, 0) is 72.8 Å². The van der Waals surface area contributed by atoms with Crippen LogP contribution in [0.4, 0.5) is 0 Å². The fraction of sp³-hybridized carbons (Fsp3) is 0.375. The lowest BCUT2D eigenvalue weighted by Gasteiger charge is -2.06.